The minimum absolute atomic E-state index is 0.0174. The fourth-order valence-electron chi connectivity index (χ4n) is 3.88. The number of rotatable bonds is 19. The van der Waals surface area contributed by atoms with Crippen molar-refractivity contribution < 1.29 is 19.4 Å². The first-order valence-corrected chi connectivity index (χ1v) is 13.8. The van der Waals surface area contributed by atoms with Crippen LogP contribution in [0.4, 0.5) is 0 Å². The zero-order valence-electron chi connectivity index (χ0n) is 22.3. The van der Waals surface area contributed by atoms with Crippen LogP contribution in [-0.2, 0) is 14.3 Å². The standard InChI is InChI=1S/C20H39NO2.C8H16O2/c1-2-3-4-5-6-7-8-9-10-11-12-13-14-15-16-17-20(23)21-18-19-22;1-6(2)4-8-5-9-7(3)10-8/h9-10,22H,2-8,11-19H2,1H3,(H,21,23);6-8H,4-5H2,1-3H3/b10-9-;. The Bertz CT molecular complexity index is 453. The van der Waals surface area contributed by atoms with Crippen LogP contribution < -0.4 is 5.32 Å². The number of hydrogen-bond acceptors (Lipinski definition) is 4. The van der Waals surface area contributed by atoms with Gasteiger partial charge in [-0.05, 0) is 51.4 Å². The summed E-state index contributed by atoms with van der Waals surface area (Å²) < 4.78 is 10.7. The lowest BCUT2D eigenvalue weighted by molar-refractivity contribution is -0.121. The summed E-state index contributed by atoms with van der Waals surface area (Å²) in [6, 6.07) is 0. The summed E-state index contributed by atoms with van der Waals surface area (Å²) in [6.07, 6.45) is 23.3. The molecule has 2 atom stereocenters. The van der Waals surface area contributed by atoms with Gasteiger partial charge in [0.25, 0.3) is 0 Å². The molecule has 2 N–H and O–H groups in total. The zero-order valence-corrected chi connectivity index (χ0v) is 22.3. The Morgan fingerprint density at radius 1 is 0.970 bits per heavy atom. The summed E-state index contributed by atoms with van der Waals surface area (Å²) in [5, 5.41) is 11.3. The molecule has 33 heavy (non-hydrogen) atoms. The number of nitrogens with one attached hydrogen (secondary N) is 1. The van der Waals surface area contributed by atoms with Crippen molar-refractivity contribution in [3.63, 3.8) is 0 Å². The molecule has 0 spiro atoms. The predicted molar refractivity (Wildman–Crippen MR) is 139 cm³/mol. The lowest BCUT2D eigenvalue weighted by Gasteiger charge is -2.10. The monoisotopic (exact) mass is 469 g/mol. The highest BCUT2D eigenvalue weighted by atomic mass is 16.7. The Balaban J connectivity index is 0.000000843. The van der Waals surface area contributed by atoms with Crippen molar-refractivity contribution in [2.45, 2.75) is 136 Å². The van der Waals surface area contributed by atoms with Gasteiger partial charge in [0.1, 0.15) is 0 Å². The maximum atomic E-state index is 11.3. The van der Waals surface area contributed by atoms with Gasteiger partial charge in [-0.1, -0.05) is 84.3 Å². The molecule has 5 heteroatoms. The molecule has 0 aromatic rings. The molecule has 0 saturated carbocycles. The maximum Gasteiger partial charge on any atom is 0.220 e. The summed E-state index contributed by atoms with van der Waals surface area (Å²) in [4.78, 5) is 11.3. The van der Waals surface area contributed by atoms with Crippen molar-refractivity contribution in [1.29, 1.82) is 0 Å². The molecule has 1 aliphatic rings. The van der Waals surface area contributed by atoms with E-state index in [0.29, 0.717) is 25.0 Å². The normalized spacial score (nSPS) is 18.0. The van der Waals surface area contributed by atoms with E-state index in [2.05, 4.69) is 38.2 Å². The molecule has 5 nitrogen and oxygen atoms in total. The zero-order chi connectivity index (χ0) is 24.6. The van der Waals surface area contributed by atoms with Gasteiger partial charge >= 0.3 is 0 Å². The van der Waals surface area contributed by atoms with E-state index in [1.54, 1.807) is 0 Å². The molecule has 1 rings (SSSR count). The van der Waals surface area contributed by atoms with Crippen LogP contribution in [0.15, 0.2) is 12.2 Å². The van der Waals surface area contributed by atoms with E-state index in [4.69, 9.17) is 14.6 Å². The predicted octanol–water partition coefficient (Wildman–Crippen LogP) is 6.93. The van der Waals surface area contributed by atoms with E-state index in [0.717, 1.165) is 25.9 Å². The maximum absolute atomic E-state index is 11.3. The third-order valence-corrected chi connectivity index (χ3v) is 5.73. The van der Waals surface area contributed by atoms with Crippen LogP contribution in [0, 0.1) is 5.92 Å². The van der Waals surface area contributed by atoms with Gasteiger partial charge in [-0.2, -0.15) is 0 Å². The molecule has 0 aromatic carbocycles. The summed E-state index contributed by atoms with van der Waals surface area (Å²) in [6.45, 7) is 9.79. The van der Waals surface area contributed by atoms with E-state index in [-0.39, 0.29) is 18.8 Å². The molecule has 2 unspecified atom stereocenters. The van der Waals surface area contributed by atoms with Crippen molar-refractivity contribution in [1.82, 2.24) is 5.32 Å². The van der Waals surface area contributed by atoms with Crippen LogP contribution in [-0.4, -0.2) is 43.2 Å². The van der Waals surface area contributed by atoms with E-state index in [1.165, 1.54) is 70.6 Å². The number of aliphatic hydroxyl groups excluding tert-OH is 1. The van der Waals surface area contributed by atoms with Crippen LogP contribution >= 0.6 is 0 Å². The molecule has 1 saturated heterocycles. The molecule has 0 bridgehead atoms. The molecular weight excluding hydrogens is 414 g/mol. The number of hydrogen-bond donors (Lipinski definition) is 2. The Morgan fingerprint density at radius 2 is 1.55 bits per heavy atom. The average molecular weight is 470 g/mol. The summed E-state index contributed by atoms with van der Waals surface area (Å²) in [5.74, 6) is 0.774. The topological polar surface area (TPSA) is 67.8 Å². The third-order valence-electron chi connectivity index (χ3n) is 5.73. The second kappa shape index (κ2) is 24.2. The molecule has 196 valence electrons. The third kappa shape index (κ3) is 24.0. The first kappa shape index (κ1) is 32.1. The van der Waals surface area contributed by atoms with Gasteiger partial charge in [0.2, 0.25) is 5.91 Å². The van der Waals surface area contributed by atoms with Gasteiger partial charge in [0, 0.05) is 13.0 Å². The first-order chi connectivity index (χ1) is 16.0. The number of carbonyl (C=O) groups is 1. The van der Waals surface area contributed by atoms with Gasteiger partial charge < -0.3 is 19.9 Å². The lowest BCUT2D eigenvalue weighted by atomic mass is 10.1. The molecule has 1 heterocycles. The van der Waals surface area contributed by atoms with Crippen LogP contribution in [0.3, 0.4) is 0 Å². The molecule has 0 aliphatic carbocycles. The molecule has 1 amide bonds. The fraction of sp³-hybridized carbons (Fsp3) is 0.893. The molecular formula is C28H55NO4. The largest absolute Gasteiger partial charge is 0.395 e. The summed E-state index contributed by atoms with van der Waals surface area (Å²) in [5.41, 5.74) is 0. The van der Waals surface area contributed by atoms with Gasteiger partial charge in [0.15, 0.2) is 6.29 Å². The Labute approximate surface area is 205 Å². The number of allylic oxidation sites excluding steroid dienone is 2. The van der Waals surface area contributed by atoms with E-state index >= 15 is 0 Å². The second-order valence-electron chi connectivity index (χ2n) is 9.70. The number of aliphatic hydroxyl groups is 1. The summed E-state index contributed by atoms with van der Waals surface area (Å²) >= 11 is 0. The van der Waals surface area contributed by atoms with Crippen molar-refractivity contribution in [2.24, 2.45) is 5.92 Å². The quantitative estimate of drug-likeness (QED) is 0.159. The van der Waals surface area contributed by atoms with Crippen molar-refractivity contribution in [2.75, 3.05) is 19.8 Å². The fourth-order valence-corrected chi connectivity index (χ4v) is 3.88. The number of carbonyl (C=O) groups excluding carboxylic acids is 1. The van der Waals surface area contributed by atoms with Gasteiger partial charge in [-0.25, -0.2) is 0 Å². The molecule has 0 aromatic heterocycles. The van der Waals surface area contributed by atoms with Crippen LogP contribution in [0.5, 0.6) is 0 Å². The smallest absolute Gasteiger partial charge is 0.220 e. The Morgan fingerprint density at radius 3 is 2.06 bits per heavy atom. The van der Waals surface area contributed by atoms with Crippen LogP contribution in [0.2, 0.25) is 0 Å². The van der Waals surface area contributed by atoms with E-state index < -0.39 is 0 Å². The second-order valence-corrected chi connectivity index (χ2v) is 9.70. The highest BCUT2D eigenvalue weighted by molar-refractivity contribution is 5.75. The van der Waals surface area contributed by atoms with Crippen LogP contribution in [0.25, 0.3) is 0 Å². The first-order valence-electron chi connectivity index (χ1n) is 13.8. The van der Waals surface area contributed by atoms with E-state index in [1.807, 2.05) is 6.92 Å². The number of amides is 1. The minimum atomic E-state index is 0.0174. The molecule has 1 fully saturated rings. The number of unbranched alkanes of at least 4 members (excludes halogenated alkanes) is 11. The highest BCUT2D eigenvalue weighted by Crippen LogP contribution is 2.17. The Kier molecular flexibility index (Phi) is 23.6. The van der Waals surface area contributed by atoms with E-state index in [9.17, 15) is 4.79 Å². The average Bonchev–Trinajstić information content (AvgIpc) is 3.19. The van der Waals surface area contributed by atoms with Gasteiger partial charge in [0.05, 0.1) is 19.3 Å². The SMILES string of the molecule is CC(C)CC1COC(C)O1.CCCCCCCC/C=C\CCCCCCCC(=O)NCCO. The minimum Gasteiger partial charge on any atom is -0.395 e. The lowest BCUT2D eigenvalue weighted by Crippen LogP contribution is -2.25. The highest BCUT2D eigenvalue weighted by Gasteiger charge is 2.22. The summed E-state index contributed by atoms with van der Waals surface area (Å²) in [7, 11) is 0. The molecule has 1 aliphatic heterocycles. The van der Waals surface area contributed by atoms with Gasteiger partial charge in [-0.15, -0.1) is 0 Å². The molecule has 0 radical (unpaired) electrons. The number of ether oxygens (including phenoxy) is 2. The van der Waals surface area contributed by atoms with Crippen molar-refractivity contribution >= 4 is 5.91 Å². The van der Waals surface area contributed by atoms with Crippen LogP contribution in [0.1, 0.15) is 124 Å². The van der Waals surface area contributed by atoms with Crippen molar-refractivity contribution in [3.05, 3.63) is 12.2 Å². The Hall–Kier alpha value is -0.910. The van der Waals surface area contributed by atoms with Crippen molar-refractivity contribution in [3.8, 4) is 0 Å². The van der Waals surface area contributed by atoms with Gasteiger partial charge in [-0.3, -0.25) is 4.79 Å².